The summed E-state index contributed by atoms with van der Waals surface area (Å²) in [6.45, 7) is 0.535. The van der Waals surface area contributed by atoms with Gasteiger partial charge in [0.15, 0.2) is 0 Å². The van der Waals surface area contributed by atoms with Gasteiger partial charge in [0.25, 0.3) is 0 Å². The number of carboxylic acid groups (broad SMARTS) is 3. The lowest BCUT2D eigenvalue weighted by atomic mass is 10.0. The van der Waals surface area contributed by atoms with Crippen LogP contribution in [0.1, 0.15) is 33.2 Å². The van der Waals surface area contributed by atoms with Crippen LogP contribution >= 0.6 is 0 Å². The monoisotopic (exact) mass is 295 g/mol. The number of aliphatic carboxylic acids is 1. The van der Waals surface area contributed by atoms with Crippen molar-refractivity contribution in [1.82, 2.24) is 4.90 Å². The molecule has 0 atom stereocenters. The number of amides is 1. The first kappa shape index (κ1) is 16.2. The van der Waals surface area contributed by atoms with Gasteiger partial charge < -0.3 is 20.2 Å². The van der Waals surface area contributed by atoms with E-state index in [4.69, 9.17) is 15.3 Å². The summed E-state index contributed by atoms with van der Waals surface area (Å²) in [6, 6.07) is 3.57. The number of hydrogen-bond acceptors (Lipinski definition) is 4. The second-order valence-corrected chi connectivity index (χ2v) is 4.26. The van der Waals surface area contributed by atoms with Crippen LogP contribution in [0, 0.1) is 0 Å². The number of aromatic carboxylic acids is 2. The third-order valence-corrected chi connectivity index (χ3v) is 2.69. The van der Waals surface area contributed by atoms with Gasteiger partial charge in [0.1, 0.15) is 6.54 Å². The molecule has 0 bridgehead atoms. The van der Waals surface area contributed by atoms with E-state index in [0.717, 1.165) is 17.0 Å². The van der Waals surface area contributed by atoms with E-state index in [1.165, 1.54) is 13.0 Å². The number of carbonyl (C=O) groups is 4. The highest BCUT2D eigenvalue weighted by atomic mass is 16.4. The first-order valence-corrected chi connectivity index (χ1v) is 5.79. The van der Waals surface area contributed by atoms with E-state index in [0.29, 0.717) is 5.56 Å². The first-order valence-electron chi connectivity index (χ1n) is 5.79. The SMILES string of the molecule is CC(=O)N(CC(=O)O)Cc1ccc(C(=O)O)c(C(=O)O)c1. The molecule has 0 aliphatic carbocycles. The van der Waals surface area contributed by atoms with Crippen molar-refractivity contribution in [2.45, 2.75) is 13.5 Å². The number of carboxylic acids is 3. The normalized spacial score (nSPS) is 9.95. The van der Waals surface area contributed by atoms with Crippen LogP contribution < -0.4 is 0 Å². The predicted molar refractivity (Wildman–Crippen MR) is 69.1 cm³/mol. The molecule has 0 saturated carbocycles. The fraction of sp³-hybridized carbons (Fsp3) is 0.231. The number of rotatable bonds is 6. The van der Waals surface area contributed by atoms with E-state index in [1.807, 2.05) is 0 Å². The lowest BCUT2D eigenvalue weighted by Gasteiger charge is -2.19. The third-order valence-electron chi connectivity index (χ3n) is 2.69. The summed E-state index contributed by atoms with van der Waals surface area (Å²) in [6.07, 6.45) is 0. The lowest BCUT2D eigenvalue weighted by molar-refractivity contribution is -0.144. The van der Waals surface area contributed by atoms with Gasteiger partial charge in [0.05, 0.1) is 11.1 Å². The number of carbonyl (C=O) groups excluding carboxylic acids is 1. The molecular weight excluding hydrogens is 282 g/mol. The molecule has 0 aliphatic heterocycles. The van der Waals surface area contributed by atoms with Crippen LogP contribution in [0.5, 0.6) is 0 Å². The summed E-state index contributed by atoms with van der Waals surface area (Å²) in [5, 5.41) is 26.6. The first-order chi connectivity index (χ1) is 9.72. The molecule has 1 amide bonds. The van der Waals surface area contributed by atoms with E-state index in [9.17, 15) is 19.2 Å². The van der Waals surface area contributed by atoms with E-state index in [-0.39, 0.29) is 12.1 Å². The summed E-state index contributed by atoms with van der Waals surface area (Å²) in [7, 11) is 0. The van der Waals surface area contributed by atoms with E-state index in [2.05, 4.69) is 0 Å². The van der Waals surface area contributed by atoms with Gasteiger partial charge in [-0.15, -0.1) is 0 Å². The number of hydrogen-bond donors (Lipinski definition) is 3. The van der Waals surface area contributed by atoms with Gasteiger partial charge in [-0.2, -0.15) is 0 Å². The highest BCUT2D eigenvalue weighted by Gasteiger charge is 2.18. The van der Waals surface area contributed by atoms with Crippen LogP contribution in [0.4, 0.5) is 0 Å². The number of nitrogens with zero attached hydrogens (tertiary/aromatic N) is 1. The topological polar surface area (TPSA) is 132 Å². The highest BCUT2D eigenvalue weighted by molar-refractivity contribution is 6.01. The average molecular weight is 295 g/mol. The Kier molecular flexibility index (Phi) is 5.01. The molecular formula is C13H13NO7. The molecule has 112 valence electrons. The van der Waals surface area contributed by atoms with Crippen molar-refractivity contribution in [1.29, 1.82) is 0 Å². The second-order valence-electron chi connectivity index (χ2n) is 4.26. The minimum absolute atomic E-state index is 0.123. The molecule has 8 nitrogen and oxygen atoms in total. The van der Waals surface area contributed by atoms with Crippen molar-refractivity contribution >= 4 is 23.8 Å². The van der Waals surface area contributed by atoms with Crippen molar-refractivity contribution in [3.8, 4) is 0 Å². The van der Waals surface area contributed by atoms with Crippen molar-refractivity contribution in [2.24, 2.45) is 0 Å². The maximum atomic E-state index is 11.3. The summed E-state index contributed by atoms with van der Waals surface area (Å²) in [4.78, 5) is 44.9. The molecule has 0 heterocycles. The molecule has 0 saturated heterocycles. The Morgan fingerprint density at radius 3 is 2.00 bits per heavy atom. The summed E-state index contributed by atoms with van der Waals surface area (Å²) < 4.78 is 0. The third kappa shape index (κ3) is 4.30. The van der Waals surface area contributed by atoms with Gasteiger partial charge in [-0.25, -0.2) is 9.59 Å². The van der Waals surface area contributed by atoms with Gasteiger partial charge in [-0.1, -0.05) is 6.07 Å². The maximum Gasteiger partial charge on any atom is 0.336 e. The van der Waals surface area contributed by atoms with Crippen molar-refractivity contribution < 1.29 is 34.5 Å². The number of benzene rings is 1. The van der Waals surface area contributed by atoms with Crippen LogP contribution in [0.25, 0.3) is 0 Å². The molecule has 1 aromatic carbocycles. The van der Waals surface area contributed by atoms with Crippen LogP contribution in [-0.2, 0) is 16.1 Å². The standard InChI is InChI=1S/C13H13NO7/c1-7(15)14(6-11(16)17)5-8-2-3-9(12(18)19)10(4-8)13(20)21/h2-4H,5-6H2,1H3,(H,16,17)(H,18,19)(H,20,21). The lowest BCUT2D eigenvalue weighted by Crippen LogP contribution is -2.33. The van der Waals surface area contributed by atoms with E-state index >= 15 is 0 Å². The van der Waals surface area contributed by atoms with Crippen LogP contribution in [0.15, 0.2) is 18.2 Å². The molecule has 1 aromatic rings. The largest absolute Gasteiger partial charge is 0.480 e. The Bertz CT molecular complexity index is 609. The smallest absolute Gasteiger partial charge is 0.336 e. The summed E-state index contributed by atoms with van der Waals surface area (Å²) in [5.74, 6) is -4.49. The Labute approximate surface area is 119 Å². The molecule has 0 spiro atoms. The van der Waals surface area contributed by atoms with Crippen molar-refractivity contribution in [2.75, 3.05) is 6.54 Å². The van der Waals surface area contributed by atoms with Crippen LogP contribution in [-0.4, -0.2) is 50.6 Å². The second kappa shape index (κ2) is 6.51. The Hall–Kier alpha value is -2.90. The van der Waals surface area contributed by atoms with E-state index in [1.54, 1.807) is 0 Å². The molecule has 3 N–H and O–H groups in total. The fourth-order valence-electron chi connectivity index (χ4n) is 1.72. The zero-order valence-corrected chi connectivity index (χ0v) is 11.1. The Morgan fingerprint density at radius 1 is 1.00 bits per heavy atom. The Morgan fingerprint density at radius 2 is 1.57 bits per heavy atom. The zero-order valence-electron chi connectivity index (χ0n) is 11.1. The molecule has 0 aliphatic rings. The van der Waals surface area contributed by atoms with Crippen molar-refractivity contribution in [3.05, 3.63) is 34.9 Å². The summed E-state index contributed by atoms with van der Waals surface area (Å²) >= 11 is 0. The zero-order chi connectivity index (χ0) is 16.2. The van der Waals surface area contributed by atoms with Crippen LogP contribution in [0.3, 0.4) is 0 Å². The van der Waals surface area contributed by atoms with Crippen molar-refractivity contribution in [3.63, 3.8) is 0 Å². The minimum atomic E-state index is -1.41. The minimum Gasteiger partial charge on any atom is -0.480 e. The van der Waals surface area contributed by atoms with Gasteiger partial charge in [0.2, 0.25) is 5.91 Å². The average Bonchev–Trinajstić information content (AvgIpc) is 2.36. The molecule has 8 heteroatoms. The van der Waals surface area contributed by atoms with Gasteiger partial charge in [0, 0.05) is 13.5 Å². The molecule has 0 radical (unpaired) electrons. The quantitative estimate of drug-likeness (QED) is 0.696. The molecule has 1 rings (SSSR count). The molecule has 0 fully saturated rings. The van der Waals surface area contributed by atoms with Gasteiger partial charge >= 0.3 is 17.9 Å². The van der Waals surface area contributed by atoms with Crippen LogP contribution in [0.2, 0.25) is 0 Å². The van der Waals surface area contributed by atoms with E-state index < -0.39 is 35.9 Å². The molecule has 21 heavy (non-hydrogen) atoms. The maximum absolute atomic E-state index is 11.3. The predicted octanol–water partition coefficient (Wildman–Crippen LogP) is 0.516. The summed E-state index contributed by atoms with van der Waals surface area (Å²) in [5.41, 5.74) is -0.466. The molecule has 0 unspecified atom stereocenters. The van der Waals surface area contributed by atoms with Gasteiger partial charge in [-0.3, -0.25) is 9.59 Å². The highest BCUT2D eigenvalue weighted by Crippen LogP contribution is 2.14. The fourth-order valence-corrected chi connectivity index (χ4v) is 1.72. The Balaban J connectivity index is 3.11. The van der Waals surface area contributed by atoms with Gasteiger partial charge in [-0.05, 0) is 17.7 Å². The molecule has 0 aromatic heterocycles.